The van der Waals surface area contributed by atoms with Crippen molar-refractivity contribution in [1.29, 1.82) is 0 Å². The van der Waals surface area contributed by atoms with E-state index in [0.29, 0.717) is 42.5 Å². The highest BCUT2D eigenvalue weighted by atomic mass is 16.5. The van der Waals surface area contributed by atoms with Crippen molar-refractivity contribution in [2.24, 2.45) is 50.7 Å². The molecule has 4 saturated carbocycles. The summed E-state index contributed by atoms with van der Waals surface area (Å²) in [6.45, 7) is 16.6. The zero-order valence-corrected chi connectivity index (χ0v) is 24.1. The van der Waals surface area contributed by atoms with E-state index in [4.69, 9.17) is 9.26 Å². The molecule has 1 aromatic rings. The molecule has 0 amide bonds. The second-order valence-corrected chi connectivity index (χ2v) is 15.5. The molecule has 5 aliphatic carbocycles. The molecule has 37 heavy (non-hydrogen) atoms. The van der Waals surface area contributed by atoms with Crippen molar-refractivity contribution >= 4 is 11.8 Å². The predicted octanol–water partition coefficient (Wildman–Crippen LogP) is 7.14. The fraction of sp³-hybridized carbons (Fsp3) is 0.844. The number of esters is 1. The molecule has 0 N–H and O–H groups in total. The summed E-state index contributed by atoms with van der Waals surface area (Å²) in [6.07, 6.45) is 11.4. The predicted molar refractivity (Wildman–Crippen MR) is 142 cm³/mol. The second kappa shape index (κ2) is 7.94. The zero-order valence-electron chi connectivity index (χ0n) is 24.1. The van der Waals surface area contributed by atoms with Gasteiger partial charge < -0.3 is 9.26 Å². The molecule has 5 aliphatic rings. The molecule has 0 bridgehead atoms. The fourth-order valence-electron chi connectivity index (χ4n) is 11.2. The van der Waals surface area contributed by atoms with Crippen LogP contribution in [0.3, 0.4) is 0 Å². The highest BCUT2D eigenvalue weighted by Crippen LogP contribution is 2.75. The van der Waals surface area contributed by atoms with E-state index in [1.165, 1.54) is 25.3 Å². The molecule has 1 aromatic heterocycles. The number of Topliss-reactive ketones (excluding diaryl/α,β-unsaturated/α-hetero) is 1. The SMILES string of the molecule is CC(=O)OC[C@]12CCC(C)(C)CC1C1C(=O)CC3[C@@]4(C)Cc5cnoc5[C@@H](C)[C@@H]4CC[C@@]3(C)[C@]1(C)CC2. The number of carbonyl (C=O) groups is 2. The van der Waals surface area contributed by atoms with E-state index >= 15 is 0 Å². The Morgan fingerprint density at radius 2 is 1.78 bits per heavy atom. The lowest BCUT2D eigenvalue weighted by Gasteiger charge is -2.71. The van der Waals surface area contributed by atoms with Gasteiger partial charge in [0.2, 0.25) is 0 Å². The first kappa shape index (κ1) is 25.6. The van der Waals surface area contributed by atoms with Gasteiger partial charge in [-0.05, 0) is 90.8 Å². The van der Waals surface area contributed by atoms with Crippen LogP contribution in [0.15, 0.2) is 10.7 Å². The van der Waals surface area contributed by atoms with Gasteiger partial charge in [-0.2, -0.15) is 0 Å². The van der Waals surface area contributed by atoms with Gasteiger partial charge in [0.1, 0.15) is 11.5 Å². The number of hydrogen-bond donors (Lipinski definition) is 0. The number of carbonyl (C=O) groups excluding carboxylic acids is 2. The lowest BCUT2D eigenvalue weighted by Crippen LogP contribution is -2.68. The molecular weight excluding hydrogens is 462 g/mol. The van der Waals surface area contributed by atoms with E-state index in [0.717, 1.165) is 44.3 Å². The third-order valence-electron chi connectivity index (χ3n) is 13.4. The van der Waals surface area contributed by atoms with Gasteiger partial charge in [-0.15, -0.1) is 0 Å². The fourth-order valence-corrected chi connectivity index (χ4v) is 11.2. The molecule has 9 atom stereocenters. The Labute approximate surface area is 222 Å². The third kappa shape index (κ3) is 3.37. The minimum absolute atomic E-state index is 0.0308. The minimum Gasteiger partial charge on any atom is -0.465 e. The van der Waals surface area contributed by atoms with Crippen LogP contribution in [0.1, 0.15) is 117 Å². The van der Waals surface area contributed by atoms with E-state index in [1.807, 2.05) is 6.20 Å². The topological polar surface area (TPSA) is 69.4 Å². The number of aromatic nitrogens is 1. The highest BCUT2D eigenvalue weighted by molar-refractivity contribution is 5.84. The molecule has 1 heterocycles. The first-order valence-electron chi connectivity index (χ1n) is 14.9. The number of hydrogen-bond acceptors (Lipinski definition) is 5. The average molecular weight is 510 g/mol. The molecule has 0 aromatic carbocycles. The van der Waals surface area contributed by atoms with Crippen molar-refractivity contribution in [2.75, 3.05) is 6.61 Å². The standard InChI is InChI=1S/C32H47NO4/c1-19-22-8-9-30(6)25(29(22,5)15-21-17-33-37-27(19)21)14-24(35)26-23-16-28(3,4)10-12-32(23,18-36-20(2)34)13-11-31(26,30)7/h17,19,22-23,25-26H,8-16,18H2,1-7H3/t19-,22-,23?,25?,26?,29-,30+,31+,32+/m0/s1. The maximum atomic E-state index is 14.5. The van der Waals surface area contributed by atoms with Crippen molar-refractivity contribution in [3.8, 4) is 0 Å². The molecule has 0 aliphatic heterocycles. The number of ketones is 1. The van der Waals surface area contributed by atoms with Crippen molar-refractivity contribution < 1.29 is 18.8 Å². The molecule has 0 radical (unpaired) electrons. The Kier molecular flexibility index (Phi) is 5.50. The van der Waals surface area contributed by atoms with Crippen LogP contribution in [-0.2, 0) is 20.7 Å². The molecule has 204 valence electrons. The third-order valence-corrected chi connectivity index (χ3v) is 13.4. The summed E-state index contributed by atoms with van der Waals surface area (Å²) in [4.78, 5) is 26.4. The van der Waals surface area contributed by atoms with E-state index in [2.05, 4.69) is 46.7 Å². The van der Waals surface area contributed by atoms with Crippen LogP contribution in [0, 0.1) is 50.7 Å². The number of fused-ring (bicyclic) bond motifs is 8. The van der Waals surface area contributed by atoms with E-state index in [9.17, 15) is 9.59 Å². The summed E-state index contributed by atoms with van der Waals surface area (Å²) in [7, 11) is 0. The Morgan fingerprint density at radius 1 is 1.05 bits per heavy atom. The first-order chi connectivity index (χ1) is 17.3. The monoisotopic (exact) mass is 509 g/mol. The summed E-state index contributed by atoms with van der Waals surface area (Å²) in [5, 5.41) is 4.18. The van der Waals surface area contributed by atoms with Crippen molar-refractivity contribution in [3.05, 3.63) is 17.5 Å². The van der Waals surface area contributed by atoms with Gasteiger partial charge in [0.05, 0.1) is 12.8 Å². The van der Waals surface area contributed by atoms with Crippen LogP contribution in [0.2, 0.25) is 0 Å². The zero-order chi connectivity index (χ0) is 26.6. The summed E-state index contributed by atoms with van der Waals surface area (Å²) in [5.74, 6) is 2.97. The lowest BCUT2D eigenvalue weighted by atomic mass is 9.32. The van der Waals surface area contributed by atoms with Gasteiger partial charge in [0.15, 0.2) is 0 Å². The largest absolute Gasteiger partial charge is 0.465 e. The normalized spacial score (nSPS) is 48.1. The maximum Gasteiger partial charge on any atom is 0.302 e. The summed E-state index contributed by atoms with van der Waals surface area (Å²) >= 11 is 0. The Hall–Kier alpha value is -1.65. The van der Waals surface area contributed by atoms with Crippen LogP contribution in [-0.4, -0.2) is 23.5 Å². The quantitative estimate of drug-likeness (QED) is 0.396. The molecule has 0 saturated heterocycles. The summed E-state index contributed by atoms with van der Waals surface area (Å²) < 4.78 is 11.5. The van der Waals surface area contributed by atoms with E-state index < -0.39 is 0 Å². The Balaban J connectivity index is 1.41. The number of nitrogens with zero attached hydrogens (tertiary/aromatic N) is 1. The van der Waals surface area contributed by atoms with Gasteiger partial charge in [-0.25, -0.2) is 0 Å². The van der Waals surface area contributed by atoms with Crippen LogP contribution < -0.4 is 0 Å². The van der Waals surface area contributed by atoms with Gasteiger partial charge in [0.25, 0.3) is 0 Å². The lowest BCUT2D eigenvalue weighted by molar-refractivity contribution is -0.230. The van der Waals surface area contributed by atoms with Gasteiger partial charge >= 0.3 is 5.97 Å². The summed E-state index contributed by atoms with van der Waals surface area (Å²) in [5.41, 5.74) is 1.58. The molecule has 6 rings (SSSR count). The van der Waals surface area contributed by atoms with Crippen LogP contribution in [0.4, 0.5) is 0 Å². The molecule has 5 heteroatoms. The van der Waals surface area contributed by atoms with Crippen LogP contribution in [0.25, 0.3) is 0 Å². The maximum absolute atomic E-state index is 14.5. The first-order valence-corrected chi connectivity index (χ1v) is 14.9. The van der Waals surface area contributed by atoms with Gasteiger partial charge in [-0.3, -0.25) is 9.59 Å². The smallest absolute Gasteiger partial charge is 0.302 e. The van der Waals surface area contributed by atoms with Crippen LogP contribution >= 0.6 is 0 Å². The molecular formula is C32H47NO4. The molecule has 4 fully saturated rings. The molecule has 3 unspecified atom stereocenters. The van der Waals surface area contributed by atoms with Crippen molar-refractivity contribution in [2.45, 2.75) is 112 Å². The van der Waals surface area contributed by atoms with E-state index in [-0.39, 0.29) is 39.0 Å². The number of ether oxygens (including phenoxy) is 1. The summed E-state index contributed by atoms with van der Waals surface area (Å²) in [6, 6.07) is 0. The van der Waals surface area contributed by atoms with Crippen LogP contribution in [0.5, 0.6) is 0 Å². The van der Waals surface area contributed by atoms with Gasteiger partial charge in [-0.1, -0.05) is 46.7 Å². The second-order valence-electron chi connectivity index (χ2n) is 15.5. The minimum atomic E-state index is -0.195. The number of rotatable bonds is 2. The Morgan fingerprint density at radius 3 is 2.51 bits per heavy atom. The van der Waals surface area contributed by atoms with Gasteiger partial charge in [0, 0.05) is 36.2 Å². The Bertz CT molecular complexity index is 1120. The molecule has 0 spiro atoms. The van der Waals surface area contributed by atoms with Crippen molar-refractivity contribution in [3.63, 3.8) is 0 Å². The van der Waals surface area contributed by atoms with Crippen molar-refractivity contribution in [1.82, 2.24) is 5.16 Å². The average Bonchev–Trinajstić information content (AvgIpc) is 3.28. The van der Waals surface area contributed by atoms with E-state index in [1.54, 1.807) is 0 Å². The highest BCUT2D eigenvalue weighted by Gasteiger charge is 2.71. The molecule has 5 nitrogen and oxygen atoms in total.